The molecule has 0 spiro atoms. The van der Waals surface area contributed by atoms with Gasteiger partial charge in [-0.1, -0.05) is 11.6 Å². The van der Waals surface area contributed by atoms with E-state index < -0.39 is 0 Å². The molecule has 1 nitrogen and oxygen atoms in total. The minimum absolute atomic E-state index is 0.824. The van der Waals surface area contributed by atoms with Crippen molar-refractivity contribution >= 4 is 18.0 Å². The van der Waals surface area contributed by atoms with E-state index in [9.17, 15) is 4.79 Å². The van der Waals surface area contributed by atoms with Crippen LogP contribution in [0, 0.1) is 0 Å². The molecule has 0 aromatic carbocycles. The highest BCUT2D eigenvalue weighted by atomic mass is 32.2. The minimum Gasteiger partial charge on any atom is -0.299 e. The van der Waals surface area contributed by atoms with Crippen LogP contribution in [-0.2, 0) is 4.79 Å². The highest BCUT2D eigenvalue weighted by Crippen LogP contribution is 2.13. The number of hydrogen-bond acceptors (Lipinski definition) is 2. The summed E-state index contributed by atoms with van der Waals surface area (Å²) in [5.41, 5.74) is 1.32. The Bertz CT molecular complexity index is 176. The Kier molecular flexibility index (Phi) is 5.94. The third-order valence-electron chi connectivity index (χ3n) is 1.11. The highest BCUT2D eigenvalue weighted by Gasteiger charge is 1.86. The summed E-state index contributed by atoms with van der Waals surface area (Å²) in [5, 5.41) is 0. The summed E-state index contributed by atoms with van der Waals surface area (Å²) in [5.74, 6) is 0.957. The van der Waals surface area contributed by atoms with Crippen molar-refractivity contribution in [2.75, 3.05) is 5.75 Å². The van der Waals surface area contributed by atoms with Gasteiger partial charge in [0.1, 0.15) is 6.29 Å². The average Bonchev–Trinajstić information content (AvgIpc) is 1.87. The molecule has 0 aromatic rings. The SMILES string of the molecule is CC(C)=CCSC(C)=CC=O. The fraction of sp³-hybridized carbons (Fsp3) is 0.444. The molecule has 0 heterocycles. The standard InChI is InChI=1S/C9H14OS/c1-8(2)5-7-11-9(3)4-6-10/h4-6H,7H2,1-3H3. The van der Waals surface area contributed by atoms with Gasteiger partial charge in [-0.2, -0.15) is 0 Å². The first kappa shape index (κ1) is 10.5. The zero-order chi connectivity index (χ0) is 8.69. The number of hydrogen-bond donors (Lipinski definition) is 0. The summed E-state index contributed by atoms with van der Waals surface area (Å²) in [6.45, 7) is 6.08. The fourth-order valence-electron chi connectivity index (χ4n) is 0.484. The quantitative estimate of drug-likeness (QED) is 0.366. The Labute approximate surface area is 72.6 Å². The molecule has 0 unspecified atom stereocenters. The Morgan fingerprint density at radius 3 is 2.45 bits per heavy atom. The van der Waals surface area contributed by atoms with E-state index in [0.717, 1.165) is 16.9 Å². The van der Waals surface area contributed by atoms with Gasteiger partial charge < -0.3 is 0 Å². The molecule has 0 aromatic heterocycles. The number of carbonyl (C=O) groups excluding carboxylic acids is 1. The van der Waals surface area contributed by atoms with Crippen LogP contribution in [0.15, 0.2) is 22.6 Å². The third-order valence-corrected chi connectivity index (χ3v) is 2.03. The van der Waals surface area contributed by atoms with Crippen molar-refractivity contribution in [3.05, 3.63) is 22.6 Å². The first-order valence-corrected chi connectivity index (χ1v) is 4.53. The molecule has 0 radical (unpaired) electrons. The summed E-state index contributed by atoms with van der Waals surface area (Å²) in [6.07, 6.45) is 4.56. The maximum atomic E-state index is 10.0. The summed E-state index contributed by atoms with van der Waals surface area (Å²) < 4.78 is 0. The lowest BCUT2D eigenvalue weighted by Crippen LogP contribution is -1.75. The van der Waals surface area contributed by atoms with Crippen LogP contribution in [0.1, 0.15) is 20.8 Å². The molecule has 0 atom stereocenters. The maximum absolute atomic E-state index is 10.0. The lowest BCUT2D eigenvalue weighted by molar-refractivity contribution is -0.104. The van der Waals surface area contributed by atoms with Crippen molar-refractivity contribution in [3.8, 4) is 0 Å². The van der Waals surface area contributed by atoms with E-state index in [0.29, 0.717) is 0 Å². The van der Waals surface area contributed by atoms with Crippen LogP contribution in [0.3, 0.4) is 0 Å². The molecule has 0 fully saturated rings. The van der Waals surface area contributed by atoms with Crippen molar-refractivity contribution in [2.24, 2.45) is 0 Å². The number of allylic oxidation sites excluding steroid dienone is 3. The van der Waals surface area contributed by atoms with Crippen molar-refractivity contribution in [1.29, 1.82) is 0 Å². The van der Waals surface area contributed by atoms with E-state index in [1.165, 1.54) is 5.57 Å². The average molecular weight is 170 g/mol. The van der Waals surface area contributed by atoms with Gasteiger partial charge in [-0.3, -0.25) is 4.79 Å². The van der Waals surface area contributed by atoms with Crippen molar-refractivity contribution in [3.63, 3.8) is 0 Å². The first-order chi connectivity index (χ1) is 5.16. The van der Waals surface area contributed by atoms with Crippen molar-refractivity contribution in [1.82, 2.24) is 0 Å². The lowest BCUT2D eigenvalue weighted by Gasteiger charge is -1.94. The normalized spacial score (nSPS) is 11.0. The third kappa shape index (κ3) is 7.40. The molecule has 0 aliphatic carbocycles. The highest BCUT2D eigenvalue weighted by molar-refractivity contribution is 8.03. The van der Waals surface area contributed by atoms with Gasteiger partial charge in [-0.25, -0.2) is 0 Å². The Morgan fingerprint density at radius 1 is 1.36 bits per heavy atom. The van der Waals surface area contributed by atoms with Crippen LogP contribution < -0.4 is 0 Å². The van der Waals surface area contributed by atoms with Crippen LogP contribution in [0.25, 0.3) is 0 Å². The minimum atomic E-state index is 0.824. The number of aldehydes is 1. The molecule has 62 valence electrons. The topological polar surface area (TPSA) is 17.1 Å². The first-order valence-electron chi connectivity index (χ1n) is 3.55. The van der Waals surface area contributed by atoms with Crippen molar-refractivity contribution in [2.45, 2.75) is 20.8 Å². The van der Waals surface area contributed by atoms with Gasteiger partial charge in [0.25, 0.3) is 0 Å². The summed E-state index contributed by atoms with van der Waals surface area (Å²) in [6, 6.07) is 0. The number of rotatable bonds is 4. The monoisotopic (exact) mass is 170 g/mol. The predicted octanol–water partition coefficient (Wildman–Crippen LogP) is 2.79. The second kappa shape index (κ2) is 6.23. The van der Waals surface area contributed by atoms with E-state index in [1.54, 1.807) is 17.8 Å². The molecule has 0 saturated heterocycles. The lowest BCUT2D eigenvalue weighted by atomic mass is 10.3. The number of thioether (sulfide) groups is 1. The van der Waals surface area contributed by atoms with Crippen LogP contribution in [0.4, 0.5) is 0 Å². The van der Waals surface area contributed by atoms with Gasteiger partial charge in [-0.05, 0) is 31.8 Å². The van der Waals surface area contributed by atoms with E-state index in [-0.39, 0.29) is 0 Å². The molecule has 0 saturated carbocycles. The smallest absolute Gasteiger partial charge is 0.143 e. The van der Waals surface area contributed by atoms with Gasteiger partial charge in [0.15, 0.2) is 0 Å². The van der Waals surface area contributed by atoms with Crippen LogP contribution in [0.2, 0.25) is 0 Å². The number of carbonyl (C=O) groups is 1. The molecule has 0 aliphatic rings. The van der Waals surface area contributed by atoms with E-state index in [1.807, 2.05) is 6.92 Å². The van der Waals surface area contributed by atoms with E-state index >= 15 is 0 Å². The van der Waals surface area contributed by atoms with Crippen molar-refractivity contribution < 1.29 is 4.79 Å². The molecule has 0 aliphatic heterocycles. The Balaban J connectivity index is 3.63. The van der Waals surface area contributed by atoms with Gasteiger partial charge >= 0.3 is 0 Å². The van der Waals surface area contributed by atoms with Gasteiger partial charge in [-0.15, -0.1) is 11.8 Å². The predicted molar refractivity (Wildman–Crippen MR) is 51.7 cm³/mol. The maximum Gasteiger partial charge on any atom is 0.143 e. The Morgan fingerprint density at radius 2 is 2.00 bits per heavy atom. The van der Waals surface area contributed by atoms with Crippen LogP contribution in [-0.4, -0.2) is 12.0 Å². The molecule has 2 heteroatoms. The van der Waals surface area contributed by atoms with Gasteiger partial charge in [0.2, 0.25) is 0 Å². The molecular formula is C9H14OS. The molecule has 0 rings (SSSR count). The van der Waals surface area contributed by atoms with Gasteiger partial charge in [0, 0.05) is 5.75 Å². The van der Waals surface area contributed by atoms with E-state index in [4.69, 9.17) is 0 Å². The molecule has 11 heavy (non-hydrogen) atoms. The molecule has 0 amide bonds. The zero-order valence-electron chi connectivity index (χ0n) is 7.26. The van der Waals surface area contributed by atoms with Gasteiger partial charge in [0.05, 0.1) is 0 Å². The molecular weight excluding hydrogens is 156 g/mol. The van der Waals surface area contributed by atoms with E-state index in [2.05, 4.69) is 19.9 Å². The van der Waals surface area contributed by atoms with Crippen LogP contribution >= 0.6 is 11.8 Å². The summed E-state index contributed by atoms with van der Waals surface area (Å²) in [7, 11) is 0. The Hall–Kier alpha value is -0.500. The molecule has 0 N–H and O–H groups in total. The summed E-state index contributed by atoms with van der Waals surface area (Å²) >= 11 is 1.68. The summed E-state index contributed by atoms with van der Waals surface area (Å²) in [4.78, 5) is 11.1. The second-order valence-electron chi connectivity index (χ2n) is 2.51. The van der Waals surface area contributed by atoms with Crippen LogP contribution in [0.5, 0.6) is 0 Å². The second-order valence-corrected chi connectivity index (χ2v) is 3.77. The largest absolute Gasteiger partial charge is 0.299 e. The zero-order valence-corrected chi connectivity index (χ0v) is 8.07. The fourth-order valence-corrected chi connectivity index (χ4v) is 1.32. The molecule has 0 bridgehead atoms.